The topological polar surface area (TPSA) is 93.4 Å². The van der Waals surface area contributed by atoms with Gasteiger partial charge in [-0.2, -0.15) is 11.8 Å². The van der Waals surface area contributed by atoms with E-state index in [0.29, 0.717) is 22.0 Å². The molecular weight excluding hydrogens is 346 g/mol. The molecule has 1 aromatic carbocycles. The lowest BCUT2D eigenvalue weighted by Gasteiger charge is -2.11. The molecule has 0 aliphatic carbocycles. The van der Waals surface area contributed by atoms with E-state index >= 15 is 0 Å². The first-order valence-electron chi connectivity index (χ1n) is 7.32. The van der Waals surface area contributed by atoms with E-state index < -0.39 is 11.9 Å². The van der Waals surface area contributed by atoms with Gasteiger partial charge in [0.05, 0.1) is 12.7 Å². The Morgan fingerprint density at radius 1 is 1.21 bits per heavy atom. The molecular formula is C16H17N3O3S2. The molecule has 126 valence electrons. The van der Waals surface area contributed by atoms with Gasteiger partial charge in [0.1, 0.15) is 10.8 Å². The van der Waals surface area contributed by atoms with E-state index in [9.17, 15) is 9.59 Å². The van der Waals surface area contributed by atoms with Crippen LogP contribution in [0.1, 0.15) is 20.8 Å². The lowest BCUT2D eigenvalue weighted by molar-refractivity contribution is 0.100. The molecule has 0 atom stereocenters. The Hall–Kier alpha value is -2.19. The molecule has 2 aromatic rings. The smallest absolute Gasteiger partial charge is 0.324 e. The summed E-state index contributed by atoms with van der Waals surface area (Å²) in [7, 11) is 1.58. The molecule has 0 radical (unpaired) electrons. The molecule has 0 spiro atoms. The number of urea groups is 1. The van der Waals surface area contributed by atoms with Crippen LogP contribution in [0.3, 0.4) is 0 Å². The Morgan fingerprint density at radius 2 is 1.96 bits per heavy atom. The summed E-state index contributed by atoms with van der Waals surface area (Å²) in [6.07, 6.45) is 0.802. The van der Waals surface area contributed by atoms with Crippen LogP contribution >= 0.6 is 23.1 Å². The number of carbonyl (C=O) groups is 2. The van der Waals surface area contributed by atoms with Crippen molar-refractivity contribution in [2.45, 2.75) is 12.2 Å². The summed E-state index contributed by atoms with van der Waals surface area (Å²) in [6, 6.07) is 6.58. The second-order valence-electron chi connectivity index (χ2n) is 5.18. The summed E-state index contributed by atoms with van der Waals surface area (Å²) >= 11 is 3.24. The number of thiophene rings is 1. The molecule has 6 nitrogen and oxygen atoms in total. The first-order valence-corrected chi connectivity index (χ1v) is 9.29. The van der Waals surface area contributed by atoms with Crippen molar-refractivity contribution in [3.63, 3.8) is 0 Å². The SMILES string of the molecule is COc1ccc(NC(=O)Nc2sc3c(c2C(N)=O)CCSC3)cc1. The first kappa shape index (κ1) is 16.7. The van der Waals surface area contributed by atoms with Gasteiger partial charge in [0.2, 0.25) is 0 Å². The van der Waals surface area contributed by atoms with Crippen LogP contribution in [0.2, 0.25) is 0 Å². The van der Waals surface area contributed by atoms with E-state index in [1.54, 1.807) is 31.4 Å². The number of hydrogen-bond acceptors (Lipinski definition) is 5. The minimum absolute atomic E-state index is 0.408. The van der Waals surface area contributed by atoms with Crippen LogP contribution < -0.4 is 21.1 Å². The van der Waals surface area contributed by atoms with Gasteiger partial charge in [-0.25, -0.2) is 4.79 Å². The zero-order valence-electron chi connectivity index (χ0n) is 13.0. The van der Waals surface area contributed by atoms with Gasteiger partial charge >= 0.3 is 6.03 Å². The fraction of sp³-hybridized carbons (Fsp3) is 0.250. The number of benzene rings is 1. The van der Waals surface area contributed by atoms with E-state index in [0.717, 1.165) is 28.4 Å². The molecule has 2 heterocycles. The van der Waals surface area contributed by atoms with Crippen LogP contribution in [-0.2, 0) is 12.2 Å². The quantitative estimate of drug-likeness (QED) is 0.777. The van der Waals surface area contributed by atoms with Crippen molar-refractivity contribution in [1.29, 1.82) is 0 Å². The van der Waals surface area contributed by atoms with Gasteiger partial charge < -0.3 is 15.8 Å². The van der Waals surface area contributed by atoms with Gasteiger partial charge in [0.15, 0.2) is 0 Å². The molecule has 0 bridgehead atoms. The largest absolute Gasteiger partial charge is 0.497 e. The molecule has 1 aliphatic rings. The molecule has 0 unspecified atom stereocenters. The predicted molar refractivity (Wildman–Crippen MR) is 98.3 cm³/mol. The number of anilines is 2. The number of nitrogens with two attached hydrogens (primary N) is 1. The third-order valence-electron chi connectivity index (χ3n) is 3.64. The van der Waals surface area contributed by atoms with Crippen molar-refractivity contribution in [2.24, 2.45) is 5.73 Å². The number of ether oxygens (including phenoxy) is 1. The summed E-state index contributed by atoms with van der Waals surface area (Å²) in [5, 5.41) is 6.00. The Morgan fingerprint density at radius 3 is 2.62 bits per heavy atom. The van der Waals surface area contributed by atoms with Gasteiger partial charge in [-0.3, -0.25) is 10.1 Å². The van der Waals surface area contributed by atoms with Crippen LogP contribution in [0.25, 0.3) is 0 Å². The molecule has 24 heavy (non-hydrogen) atoms. The van der Waals surface area contributed by atoms with Gasteiger partial charge in [-0.05, 0) is 42.0 Å². The normalized spacial score (nSPS) is 13.0. The average molecular weight is 363 g/mol. The number of rotatable bonds is 4. The highest BCUT2D eigenvalue weighted by Crippen LogP contribution is 2.39. The Balaban J connectivity index is 1.76. The number of fused-ring (bicyclic) bond motifs is 1. The van der Waals surface area contributed by atoms with Crippen molar-refractivity contribution in [2.75, 3.05) is 23.5 Å². The Kier molecular flexibility index (Phi) is 4.96. The van der Waals surface area contributed by atoms with Crippen molar-refractivity contribution in [1.82, 2.24) is 0 Å². The molecule has 8 heteroatoms. The highest BCUT2D eigenvalue weighted by molar-refractivity contribution is 7.98. The number of nitrogens with one attached hydrogen (secondary N) is 2. The number of amides is 3. The van der Waals surface area contributed by atoms with Gasteiger partial charge in [0.25, 0.3) is 5.91 Å². The minimum Gasteiger partial charge on any atom is -0.497 e. The maximum absolute atomic E-state index is 12.2. The molecule has 0 saturated carbocycles. The van der Waals surface area contributed by atoms with E-state index in [-0.39, 0.29) is 0 Å². The molecule has 0 fully saturated rings. The lowest BCUT2D eigenvalue weighted by Crippen LogP contribution is -2.22. The van der Waals surface area contributed by atoms with E-state index in [4.69, 9.17) is 10.5 Å². The number of methoxy groups -OCH3 is 1. The number of hydrogen-bond donors (Lipinski definition) is 3. The fourth-order valence-electron chi connectivity index (χ4n) is 2.52. The van der Waals surface area contributed by atoms with Crippen molar-refractivity contribution >= 4 is 45.7 Å². The molecule has 1 aliphatic heterocycles. The van der Waals surface area contributed by atoms with Crippen LogP contribution in [0.5, 0.6) is 5.75 Å². The maximum Gasteiger partial charge on any atom is 0.324 e. The highest BCUT2D eigenvalue weighted by atomic mass is 32.2. The molecule has 0 saturated heterocycles. The zero-order chi connectivity index (χ0) is 17.1. The van der Waals surface area contributed by atoms with E-state index in [1.165, 1.54) is 11.3 Å². The van der Waals surface area contributed by atoms with Crippen LogP contribution in [0.15, 0.2) is 24.3 Å². The highest BCUT2D eigenvalue weighted by Gasteiger charge is 2.25. The Bertz CT molecular complexity index is 772. The molecule has 3 rings (SSSR count). The van der Waals surface area contributed by atoms with Crippen LogP contribution in [0.4, 0.5) is 15.5 Å². The van der Waals surface area contributed by atoms with Gasteiger partial charge in [-0.15, -0.1) is 11.3 Å². The average Bonchev–Trinajstić information content (AvgIpc) is 2.93. The minimum atomic E-state index is -0.501. The van der Waals surface area contributed by atoms with Crippen molar-refractivity contribution in [3.8, 4) is 5.75 Å². The third kappa shape index (κ3) is 3.49. The van der Waals surface area contributed by atoms with Gasteiger partial charge in [0, 0.05) is 16.3 Å². The van der Waals surface area contributed by atoms with Gasteiger partial charge in [-0.1, -0.05) is 0 Å². The number of carbonyl (C=O) groups excluding carboxylic acids is 2. The monoisotopic (exact) mass is 363 g/mol. The standard InChI is InChI=1S/C16H17N3O3S2/c1-22-10-4-2-9(3-5-10)18-16(21)19-15-13(14(17)20)11-6-7-23-8-12(11)24-15/h2-5H,6-8H2,1H3,(H2,17,20)(H2,18,19,21). The van der Waals surface area contributed by atoms with Crippen molar-refractivity contribution in [3.05, 3.63) is 40.3 Å². The molecule has 3 amide bonds. The van der Waals surface area contributed by atoms with E-state index in [1.807, 2.05) is 11.8 Å². The lowest BCUT2D eigenvalue weighted by atomic mass is 10.1. The van der Waals surface area contributed by atoms with Crippen LogP contribution in [-0.4, -0.2) is 24.8 Å². The van der Waals surface area contributed by atoms with Crippen molar-refractivity contribution < 1.29 is 14.3 Å². The maximum atomic E-state index is 12.2. The summed E-state index contributed by atoms with van der Waals surface area (Å²) in [5.74, 6) is 2.02. The second-order valence-corrected chi connectivity index (χ2v) is 7.39. The first-order chi connectivity index (χ1) is 11.6. The van der Waals surface area contributed by atoms with Crippen LogP contribution in [0, 0.1) is 0 Å². The Labute approximate surface area is 147 Å². The predicted octanol–water partition coefficient (Wildman–Crippen LogP) is 3.29. The number of primary amides is 1. The summed E-state index contributed by atoms with van der Waals surface area (Å²) in [4.78, 5) is 25.1. The number of thioether (sulfide) groups is 1. The van der Waals surface area contributed by atoms with E-state index in [2.05, 4.69) is 10.6 Å². The zero-order valence-corrected chi connectivity index (χ0v) is 14.7. The molecule has 1 aromatic heterocycles. The summed E-state index contributed by atoms with van der Waals surface area (Å²) in [6.45, 7) is 0. The fourth-order valence-corrected chi connectivity index (χ4v) is 4.90. The second kappa shape index (κ2) is 7.14. The molecule has 4 N–H and O–H groups in total. The third-order valence-corrected chi connectivity index (χ3v) is 5.96. The summed E-state index contributed by atoms with van der Waals surface area (Å²) < 4.78 is 5.08. The summed E-state index contributed by atoms with van der Waals surface area (Å²) in [5.41, 5.74) is 7.57.